The van der Waals surface area contributed by atoms with Gasteiger partial charge >= 0.3 is 17.9 Å². The van der Waals surface area contributed by atoms with Crippen LogP contribution in [-0.4, -0.2) is 31.9 Å². The maximum absolute atomic E-state index is 13.0. The molecule has 0 atom stereocenters. The SMILES string of the molecule is COc1nn(C)c(=O)n1-c1ccccc1C/[N+]([O-])=C(\C)c1cccc(C(F)(F)F)c1. The maximum atomic E-state index is 13.0. The number of nitrogens with zero attached hydrogens (tertiary/aromatic N) is 4. The molecule has 3 rings (SSSR count). The molecule has 0 aliphatic rings. The third-order valence-electron chi connectivity index (χ3n) is 4.61. The molecule has 0 spiro atoms. The van der Waals surface area contributed by atoms with Gasteiger partial charge in [0.1, 0.15) is 0 Å². The Bertz CT molecular complexity index is 1160. The Morgan fingerprint density at radius 1 is 1.20 bits per heavy atom. The Morgan fingerprint density at radius 3 is 2.57 bits per heavy atom. The maximum Gasteiger partial charge on any atom is 0.416 e. The van der Waals surface area contributed by atoms with E-state index in [2.05, 4.69) is 5.10 Å². The lowest BCUT2D eigenvalue weighted by Crippen LogP contribution is -2.23. The van der Waals surface area contributed by atoms with Gasteiger partial charge in [-0.2, -0.15) is 13.2 Å². The number of aryl methyl sites for hydroxylation is 1. The van der Waals surface area contributed by atoms with Gasteiger partial charge in [-0.15, -0.1) is 5.10 Å². The smallest absolute Gasteiger partial charge is 0.416 e. The van der Waals surface area contributed by atoms with Gasteiger partial charge < -0.3 is 9.94 Å². The summed E-state index contributed by atoms with van der Waals surface area (Å²) in [7, 11) is 2.84. The van der Waals surface area contributed by atoms with Gasteiger partial charge in [0, 0.05) is 25.1 Å². The Kier molecular flexibility index (Phi) is 5.68. The van der Waals surface area contributed by atoms with Crippen LogP contribution in [0.2, 0.25) is 0 Å². The Morgan fingerprint density at radius 2 is 1.90 bits per heavy atom. The van der Waals surface area contributed by atoms with Gasteiger partial charge in [0.2, 0.25) is 0 Å². The van der Waals surface area contributed by atoms with Crippen molar-refractivity contribution in [2.24, 2.45) is 7.05 Å². The van der Waals surface area contributed by atoms with Gasteiger partial charge in [0.05, 0.1) is 18.4 Å². The van der Waals surface area contributed by atoms with Gasteiger partial charge in [0.25, 0.3) is 0 Å². The van der Waals surface area contributed by atoms with Crippen molar-refractivity contribution in [2.45, 2.75) is 19.6 Å². The minimum atomic E-state index is -4.51. The molecule has 0 radical (unpaired) electrons. The second kappa shape index (κ2) is 8.05. The molecule has 10 heteroatoms. The molecular formula is C20H19F3N4O3. The molecule has 0 bridgehead atoms. The van der Waals surface area contributed by atoms with Crippen LogP contribution < -0.4 is 10.4 Å². The van der Waals surface area contributed by atoms with E-state index in [9.17, 15) is 23.2 Å². The van der Waals surface area contributed by atoms with Gasteiger partial charge in [-0.05, 0) is 24.3 Å². The minimum Gasteiger partial charge on any atom is -0.623 e. The van der Waals surface area contributed by atoms with Crippen LogP contribution >= 0.6 is 0 Å². The summed E-state index contributed by atoms with van der Waals surface area (Å²) >= 11 is 0. The lowest BCUT2D eigenvalue weighted by Gasteiger charge is -2.13. The first kappa shape index (κ1) is 21.2. The van der Waals surface area contributed by atoms with Crippen LogP contribution in [0.25, 0.3) is 5.69 Å². The summed E-state index contributed by atoms with van der Waals surface area (Å²) in [5.74, 6) is 0. The van der Waals surface area contributed by atoms with Gasteiger partial charge in [-0.3, -0.25) is 0 Å². The topological polar surface area (TPSA) is 75.1 Å². The second-order valence-electron chi connectivity index (χ2n) is 6.56. The van der Waals surface area contributed by atoms with Crippen molar-refractivity contribution >= 4 is 5.71 Å². The summed E-state index contributed by atoms with van der Waals surface area (Å²) in [5, 5.41) is 16.7. The van der Waals surface area contributed by atoms with E-state index in [1.807, 2.05) is 0 Å². The van der Waals surface area contributed by atoms with E-state index in [4.69, 9.17) is 4.74 Å². The molecule has 0 N–H and O–H groups in total. The van der Waals surface area contributed by atoms with Crippen molar-refractivity contribution < 1.29 is 22.6 Å². The second-order valence-corrected chi connectivity index (χ2v) is 6.56. The predicted molar refractivity (Wildman–Crippen MR) is 104 cm³/mol. The number of hydrogen-bond donors (Lipinski definition) is 0. The third kappa shape index (κ3) is 4.07. The number of ether oxygens (including phenoxy) is 1. The molecule has 0 unspecified atom stereocenters. The van der Waals surface area contributed by atoms with Crippen LogP contribution in [0.4, 0.5) is 13.2 Å². The first-order chi connectivity index (χ1) is 14.1. The van der Waals surface area contributed by atoms with Crippen molar-refractivity contribution in [3.8, 4) is 11.7 Å². The summed E-state index contributed by atoms with van der Waals surface area (Å²) in [6, 6.07) is 11.3. The Hall–Kier alpha value is -3.56. The predicted octanol–water partition coefficient (Wildman–Crippen LogP) is 3.12. The van der Waals surface area contributed by atoms with Crippen molar-refractivity contribution in [2.75, 3.05) is 7.11 Å². The van der Waals surface area contributed by atoms with E-state index >= 15 is 0 Å². The summed E-state index contributed by atoms with van der Waals surface area (Å²) in [5.41, 5.74) is -0.151. The fraction of sp³-hybridized carbons (Fsp3) is 0.250. The Labute approximate surface area is 169 Å². The lowest BCUT2D eigenvalue weighted by molar-refractivity contribution is -0.474. The molecule has 158 valence electrons. The van der Waals surface area contributed by atoms with Crippen molar-refractivity contribution in [1.29, 1.82) is 0 Å². The molecule has 1 aromatic heterocycles. The number of benzene rings is 2. The summed E-state index contributed by atoms with van der Waals surface area (Å²) < 4.78 is 47.0. The minimum absolute atomic E-state index is 0.0472. The zero-order valence-corrected chi connectivity index (χ0v) is 16.5. The zero-order valence-electron chi connectivity index (χ0n) is 16.5. The fourth-order valence-corrected chi connectivity index (χ4v) is 2.98. The average Bonchev–Trinajstić information content (AvgIpc) is 3.01. The van der Waals surface area contributed by atoms with E-state index in [1.165, 1.54) is 37.8 Å². The van der Waals surface area contributed by atoms with E-state index in [1.54, 1.807) is 24.3 Å². The lowest BCUT2D eigenvalue weighted by atomic mass is 10.1. The van der Waals surface area contributed by atoms with E-state index in [0.717, 1.165) is 16.8 Å². The molecule has 7 nitrogen and oxygen atoms in total. The molecule has 0 saturated carbocycles. The monoisotopic (exact) mass is 420 g/mol. The van der Waals surface area contributed by atoms with Crippen molar-refractivity contribution in [1.82, 2.24) is 14.3 Å². The van der Waals surface area contributed by atoms with E-state index in [0.29, 0.717) is 16.0 Å². The summed E-state index contributed by atoms with van der Waals surface area (Å²) in [6.45, 7) is 1.25. The standard InChI is InChI=1S/C20H19F3N4O3/c1-13(14-8-6-9-16(11-14)20(21,22)23)26(29)12-15-7-4-5-10-17(15)27-18(30-3)24-25(2)19(27)28/h4-11H,12H2,1-3H3/b26-13-. The Balaban J connectivity index is 2.03. The molecule has 30 heavy (non-hydrogen) atoms. The van der Waals surface area contributed by atoms with Gasteiger partial charge in [-0.1, -0.05) is 24.3 Å². The van der Waals surface area contributed by atoms with Crippen molar-refractivity contribution in [3.05, 3.63) is 80.9 Å². The summed E-state index contributed by atoms with van der Waals surface area (Å²) in [4.78, 5) is 12.5. The molecular weight excluding hydrogens is 401 g/mol. The number of rotatable bonds is 5. The molecule has 0 aliphatic carbocycles. The third-order valence-corrected chi connectivity index (χ3v) is 4.61. The highest BCUT2D eigenvalue weighted by Crippen LogP contribution is 2.29. The number of aromatic nitrogens is 3. The zero-order chi connectivity index (χ0) is 22.1. The highest BCUT2D eigenvalue weighted by Gasteiger charge is 2.31. The van der Waals surface area contributed by atoms with Crippen LogP contribution in [0.3, 0.4) is 0 Å². The number of hydroxylamine groups is 1. The highest BCUT2D eigenvalue weighted by atomic mass is 19.4. The fourth-order valence-electron chi connectivity index (χ4n) is 2.98. The first-order valence-corrected chi connectivity index (χ1v) is 8.87. The van der Waals surface area contributed by atoms with Crippen LogP contribution in [0, 0.1) is 5.21 Å². The number of methoxy groups -OCH3 is 1. The number of halogens is 3. The van der Waals surface area contributed by atoms with Crippen LogP contribution in [0.5, 0.6) is 6.01 Å². The average molecular weight is 420 g/mol. The van der Waals surface area contributed by atoms with Crippen molar-refractivity contribution in [3.63, 3.8) is 0 Å². The molecule has 1 heterocycles. The summed E-state index contributed by atoms with van der Waals surface area (Å²) in [6.07, 6.45) is -4.51. The number of para-hydroxylation sites is 1. The largest absolute Gasteiger partial charge is 0.623 e. The quantitative estimate of drug-likeness (QED) is 0.275. The molecule has 3 aromatic rings. The normalized spacial score (nSPS) is 12.6. The van der Waals surface area contributed by atoms with Crippen LogP contribution in [0.15, 0.2) is 53.3 Å². The van der Waals surface area contributed by atoms with Gasteiger partial charge in [-0.25, -0.2) is 18.8 Å². The van der Waals surface area contributed by atoms with E-state index < -0.39 is 17.4 Å². The number of hydrogen-bond acceptors (Lipinski definition) is 4. The molecule has 0 amide bonds. The number of alkyl halides is 3. The molecule has 0 aliphatic heterocycles. The molecule has 0 fully saturated rings. The molecule has 0 saturated heterocycles. The van der Waals surface area contributed by atoms with Gasteiger partial charge in [0.15, 0.2) is 12.3 Å². The molecule has 2 aromatic carbocycles. The van der Waals surface area contributed by atoms with Crippen LogP contribution in [0.1, 0.15) is 23.6 Å². The first-order valence-electron chi connectivity index (χ1n) is 8.87. The highest BCUT2D eigenvalue weighted by molar-refractivity contribution is 5.95. The van der Waals surface area contributed by atoms with E-state index in [-0.39, 0.29) is 23.8 Å². The van der Waals surface area contributed by atoms with Crippen LogP contribution in [-0.2, 0) is 19.8 Å².